The first-order chi connectivity index (χ1) is 21.0. The molecule has 0 bridgehead atoms. The lowest BCUT2D eigenvalue weighted by Crippen LogP contribution is -2.39. The van der Waals surface area contributed by atoms with E-state index in [1.165, 1.54) is 11.3 Å². The number of benzene rings is 2. The summed E-state index contributed by atoms with van der Waals surface area (Å²) in [4.78, 5) is 29.9. The second-order valence-corrected chi connectivity index (χ2v) is 13.8. The number of hydrogen-bond acceptors (Lipinski definition) is 8. The Balaban J connectivity index is 1.33. The number of aryl methyl sites for hydroxylation is 2. The molecule has 0 saturated carbocycles. The highest BCUT2D eigenvalue weighted by molar-refractivity contribution is 7.18. The summed E-state index contributed by atoms with van der Waals surface area (Å²) in [6.45, 7) is 15.8. The summed E-state index contributed by atoms with van der Waals surface area (Å²) in [6.07, 6.45) is 4.38. The molecule has 8 nitrogen and oxygen atoms in total. The monoisotopic (exact) mass is 640 g/mol. The number of hydrogen-bond donors (Lipinski definition) is 0. The van der Waals surface area contributed by atoms with Crippen LogP contribution < -0.4 is 9.64 Å². The van der Waals surface area contributed by atoms with Crippen LogP contribution in [0.1, 0.15) is 81.3 Å². The molecule has 10 heteroatoms. The summed E-state index contributed by atoms with van der Waals surface area (Å²) in [5.74, 6) is 0.645. The Morgan fingerprint density at radius 1 is 1.07 bits per heavy atom. The van der Waals surface area contributed by atoms with Gasteiger partial charge in [0.25, 0.3) is 5.91 Å². The molecule has 1 aliphatic rings. The number of halogens is 1. The summed E-state index contributed by atoms with van der Waals surface area (Å²) in [6, 6.07) is 11.2. The van der Waals surface area contributed by atoms with E-state index in [1.54, 1.807) is 17.0 Å². The van der Waals surface area contributed by atoms with Gasteiger partial charge in [0.15, 0.2) is 0 Å². The average Bonchev–Trinajstić information content (AvgIpc) is 3.46. The molecule has 1 aromatic heterocycles. The summed E-state index contributed by atoms with van der Waals surface area (Å²) >= 11 is 7.75. The minimum atomic E-state index is -0.437. The second kappa shape index (κ2) is 15.3. The van der Waals surface area contributed by atoms with Crippen LogP contribution >= 0.6 is 22.9 Å². The van der Waals surface area contributed by atoms with E-state index in [0.717, 1.165) is 79.2 Å². The number of carbonyl (C=O) groups is 2. The highest BCUT2D eigenvalue weighted by Crippen LogP contribution is 2.35. The number of anilines is 1. The molecule has 0 unspecified atom stereocenters. The van der Waals surface area contributed by atoms with Gasteiger partial charge in [-0.25, -0.2) is 0 Å². The van der Waals surface area contributed by atoms with Gasteiger partial charge in [-0.3, -0.25) is 14.5 Å². The van der Waals surface area contributed by atoms with Crippen LogP contribution in [0.5, 0.6) is 5.75 Å². The largest absolute Gasteiger partial charge is 0.493 e. The molecule has 0 atom stereocenters. The number of amides is 1. The molecule has 4 rings (SSSR count). The van der Waals surface area contributed by atoms with E-state index in [9.17, 15) is 9.59 Å². The maximum absolute atomic E-state index is 13.4. The molecule has 1 aliphatic heterocycles. The summed E-state index contributed by atoms with van der Waals surface area (Å²) in [5, 5.41) is 10.6. The molecule has 2 aromatic carbocycles. The zero-order chi connectivity index (χ0) is 31.9. The first-order valence-corrected chi connectivity index (χ1v) is 16.8. The lowest BCUT2D eigenvalue weighted by atomic mass is 9.96. The van der Waals surface area contributed by atoms with E-state index < -0.39 is 5.60 Å². The average molecular weight is 641 g/mol. The van der Waals surface area contributed by atoms with Crippen molar-refractivity contribution in [1.29, 1.82) is 0 Å². The van der Waals surface area contributed by atoms with Crippen molar-refractivity contribution in [2.75, 3.05) is 37.7 Å². The Bertz CT molecular complexity index is 1410. The second-order valence-electron chi connectivity index (χ2n) is 12.5. The molecule has 238 valence electrons. The molecule has 1 amide bonds. The number of esters is 1. The SMILES string of the molecule is CCCCN(C(=O)c1ccccc1Cl)c1nnc(-c2cc(C)c(OCCCN3CCC(C(=O)OC(C)(C)C)CC3)c(C)c2)s1. The summed E-state index contributed by atoms with van der Waals surface area (Å²) < 4.78 is 11.8. The highest BCUT2D eigenvalue weighted by Gasteiger charge is 2.29. The molecule has 0 aliphatic carbocycles. The zero-order valence-corrected chi connectivity index (χ0v) is 28.4. The lowest BCUT2D eigenvalue weighted by molar-refractivity contribution is -0.161. The van der Waals surface area contributed by atoms with Gasteiger partial charge in [0.05, 0.1) is 23.1 Å². The molecule has 1 saturated heterocycles. The fourth-order valence-electron chi connectivity index (χ4n) is 5.36. The molecule has 0 spiro atoms. The molecule has 3 aromatic rings. The van der Waals surface area contributed by atoms with Gasteiger partial charge in [-0.15, -0.1) is 10.2 Å². The molecule has 0 radical (unpaired) electrons. The first-order valence-electron chi connectivity index (χ1n) is 15.6. The van der Waals surface area contributed by atoms with Crippen molar-refractivity contribution >= 4 is 39.9 Å². The van der Waals surface area contributed by atoms with Gasteiger partial charge >= 0.3 is 5.97 Å². The van der Waals surface area contributed by atoms with Crippen molar-refractivity contribution < 1.29 is 19.1 Å². The van der Waals surface area contributed by atoms with E-state index in [4.69, 9.17) is 21.1 Å². The van der Waals surface area contributed by atoms with E-state index in [1.807, 2.05) is 46.8 Å². The summed E-state index contributed by atoms with van der Waals surface area (Å²) in [5.41, 5.74) is 3.04. The van der Waals surface area contributed by atoms with Gasteiger partial charge in [-0.2, -0.15) is 0 Å². The lowest BCUT2D eigenvalue weighted by Gasteiger charge is -2.32. The third kappa shape index (κ3) is 9.02. The van der Waals surface area contributed by atoms with E-state index in [-0.39, 0.29) is 17.8 Å². The Kier molecular flexibility index (Phi) is 11.8. The quantitative estimate of drug-likeness (QED) is 0.148. The maximum Gasteiger partial charge on any atom is 0.309 e. The van der Waals surface area contributed by atoms with E-state index >= 15 is 0 Å². The third-order valence-corrected chi connectivity index (χ3v) is 8.95. The number of ether oxygens (including phenoxy) is 2. The number of unbranched alkanes of at least 4 members (excludes halogenated alkanes) is 1. The van der Waals surface area contributed by atoms with Crippen molar-refractivity contribution in [3.8, 4) is 16.3 Å². The fourth-order valence-corrected chi connectivity index (χ4v) is 6.44. The number of carbonyl (C=O) groups excluding carboxylic acids is 2. The Morgan fingerprint density at radius 2 is 1.75 bits per heavy atom. The van der Waals surface area contributed by atoms with Crippen molar-refractivity contribution in [1.82, 2.24) is 15.1 Å². The highest BCUT2D eigenvalue weighted by atomic mass is 35.5. The van der Waals surface area contributed by atoms with Crippen molar-refractivity contribution in [3.63, 3.8) is 0 Å². The van der Waals surface area contributed by atoms with Crippen molar-refractivity contribution in [2.45, 2.75) is 79.2 Å². The third-order valence-electron chi connectivity index (χ3n) is 7.63. The van der Waals surface area contributed by atoms with Crippen LogP contribution in [0, 0.1) is 19.8 Å². The smallest absolute Gasteiger partial charge is 0.309 e. The molecule has 1 fully saturated rings. The van der Waals surface area contributed by atoms with Gasteiger partial charge in [0, 0.05) is 18.7 Å². The van der Waals surface area contributed by atoms with E-state index in [2.05, 4.69) is 34.2 Å². The molecular weight excluding hydrogens is 596 g/mol. The molecule has 0 N–H and O–H groups in total. The molecule has 2 heterocycles. The van der Waals surface area contributed by atoms with Crippen LogP contribution in [-0.4, -0.2) is 65.4 Å². The fraction of sp³-hybridized carbons (Fsp3) is 0.529. The van der Waals surface area contributed by atoms with Crippen LogP contribution in [-0.2, 0) is 9.53 Å². The topological polar surface area (TPSA) is 84.9 Å². The standard InChI is InChI=1S/C34H45ClN4O4S/c1-7-8-17-39(31(40)27-12-9-10-13-28(27)35)33-37-36-30(44-33)26-21-23(2)29(24(3)22-26)42-20-11-16-38-18-14-25(15-19-38)32(41)43-34(4,5)6/h9-10,12-13,21-22,25H,7-8,11,14-20H2,1-6H3. The van der Waals surface area contributed by atoms with Crippen molar-refractivity contribution in [3.05, 3.63) is 58.1 Å². The summed E-state index contributed by atoms with van der Waals surface area (Å²) in [7, 11) is 0. The maximum atomic E-state index is 13.4. The van der Waals surface area contributed by atoms with Crippen LogP contribution in [0.3, 0.4) is 0 Å². The Labute approximate surface area is 270 Å². The minimum absolute atomic E-state index is 0.00286. The Hall–Kier alpha value is -3.01. The molecule has 44 heavy (non-hydrogen) atoms. The first kappa shape index (κ1) is 33.9. The number of likely N-dealkylation sites (tertiary alicyclic amines) is 1. The van der Waals surface area contributed by atoms with Gasteiger partial charge < -0.3 is 14.4 Å². The van der Waals surface area contributed by atoms with Gasteiger partial charge in [0.2, 0.25) is 5.13 Å². The Morgan fingerprint density at radius 3 is 2.39 bits per heavy atom. The minimum Gasteiger partial charge on any atom is -0.493 e. The zero-order valence-electron chi connectivity index (χ0n) is 26.8. The van der Waals surface area contributed by atoms with Gasteiger partial charge in [-0.1, -0.05) is 48.4 Å². The predicted molar refractivity (Wildman–Crippen MR) is 178 cm³/mol. The van der Waals surface area contributed by atoms with Crippen LogP contribution in [0.2, 0.25) is 5.02 Å². The van der Waals surface area contributed by atoms with Crippen LogP contribution in [0.25, 0.3) is 10.6 Å². The normalized spacial score (nSPS) is 14.4. The van der Waals surface area contributed by atoms with Gasteiger partial charge in [-0.05, 0) is 109 Å². The molecular formula is C34H45ClN4O4S. The van der Waals surface area contributed by atoms with Crippen LogP contribution in [0.4, 0.5) is 5.13 Å². The predicted octanol–water partition coefficient (Wildman–Crippen LogP) is 7.74. The number of piperidine rings is 1. The van der Waals surface area contributed by atoms with Gasteiger partial charge in [0.1, 0.15) is 16.4 Å². The number of nitrogens with zero attached hydrogens (tertiary/aromatic N) is 4. The number of aromatic nitrogens is 2. The van der Waals surface area contributed by atoms with E-state index in [0.29, 0.717) is 28.9 Å². The number of rotatable bonds is 12. The van der Waals surface area contributed by atoms with Crippen molar-refractivity contribution in [2.24, 2.45) is 5.92 Å². The van der Waals surface area contributed by atoms with Crippen LogP contribution in [0.15, 0.2) is 36.4 Å².